The molecule has 2 N–H and O–H groups in total. The average molecular weight is 280 g/mol. The fourth-order valence-corrected chi connectivity index (χ4v) is 3.07. The lowest BCUT2D eigenvalue weighted by molar-refractivity contribution is 0.618. The van der Waals surface area contributed by atoms with E-state index in [-0.39, 0.29) is 6.04 Å². The van der Waals surface area contributed by atoms with Gasteiger partial charge in [-0.3, -0.25) is 4.40 Å². The first kappa shape index (κ1) is 14.3. The molecule has 0 radical (unpaired) electrons. The van der Waals surface area contributed by atoms with Crippen LogP contribution in [0.1, 0.15) is 32.9 Å². The summed E-state index contributed by atoms with van der Waals surface area (Å²) in [6, 6.07) is 0.200. The zero-order valence-corrected chi connectivity index (χ0v) is 13.1. The summed E-state index contributed by atoms with van der Waals surface area (Å²) in [5.74, 6) is 1.71. The van der Waals surface area contributed by atoms with Crippen molar-refractivity contribution >= 4 is 22.1 Å². The molecule has 0 saturated carbocycles. The second-order valence-electron chi connectivity index (χ2n) is 5.58. The first-order valence-corrected chi connectivity index (χ1v) is 7.82. The molecule has 4 nitrogen and oxygen atoms in total. The number of thiazole rings is 1. The van der Waals surface area contributed by atoms with Gasteiger partial charge in [-0.1, -0.05) is 20.8 Å². The van der Waals surface area contributed by atoms with Gasteiger partial charge in [0.2, 0.25) is 0 Å². The zero-order chi connectivity index (χ0) is 14.0. The Morgan fingerprint density at radius 3 is 2.84 bits per heavy atom. The van der Waals surface area contributed by atoms with Crippen LogP contribution in [0.15, 0.2) is 11.6 Å². The number of anilines is 1. The third kappa shape index (κ3) is 3.09. The minimum atomic E-state index is 0.200. The van der Waals surface area contributed by atoms with E-state index in [9.17, 15) is 0 Å². The van der Waals surface area contributed by atoms with E-state index in [1.807, 2.05) is 0 Å². The van der Waals surface area contributed by atoms with Crippen LogP contribution in [0.4, 0.5) is 5.82 Å². The van der Waals surface area contributed by atoms with E-state index in [4.69, 9.17) is 10.7 Å². The van der Waals surface area contributed by atoms with Crippen molar-refractivity contribution in [1.29, 1.82) is 0 Å². The molecule has 0 aliphatic heterocycles. The molecule has 0 aliphatic carbocycles. The highest BCUT2D eigenvalue weighted by atomic mass is 32.1. The van der Waals surface area contributed by atoms with E-state index < -0.39 is 0 Å². The highest BCUT2D eigenvalue weighted by molar-refractivity contribution is 7.15. The number of hydrogen-bond donors (Lipinski definition) is 1. The van der Waals surface area contributed by atoms with Crippen molar-refractivity contribution in [3.63, 3.8) is 0 Å². The van der Waals surface area contributed by atoms with E-state index in [1.165, 1.54) is 5.69 Å². The highest BCUT2D eigenvalue weighted by Crippen LogP contribution is 2.25. The summed E-state index contributed by atoms with van der Waals surface area (Å²) in [6.07, 6.45) is 3.97. The summed E-state index contributed by atoms with van der Waals surface area (Å²) in [6.45, 7) is 7.60. The number of imidazole rings is 1. The Bertz CT molecular complexity index is 529. The molecular weight excluding hydrogens is 256 g/mol. The summed E-state index contributed by atoms with van der Waals surface area (Å²) < 4.78 is 2.19. The van der Waals surface area contributed by atoms with Gasteiger partial charge in [0, 0.05) is 37.6 Å². The molecule has 0 saturated heterocycles. The van der Waals surface area contributed by atoms with Crippen LogP contribution in [-0.4, -0.2) is 29.0 Å². The molecule has 1 atom stereocenters. The monoisotopic (exact) mass is 280 g/mol. The van der Waals surface area contributed by atoms with Gasteiger partial charge in [-0.2, -0.15) is 0 Å². The lowest BCUT2D eigenvalue weighted by atomic mass is 10.1. The standard InChI is InChI=1S/C14H24N4S/c1-5-11(15)8-12-13(17(4)9-10(2)3)16-14-18(12)6-7-19-14/h6-7,10-11H,5,8-9,15H2,1-4H3. The van der Waals surface area contributed by atoms with Crippen LogP contribution in [-0.2, 0) is 6.42 Å². The molecule has 5 heteroatoms. The van der Waals surface area contributed by atoms with Crippen LogP contribution in [0.5, 0.6) is 0 Å². The maximum atomic E-state index is 6.14. The Hall–Kier alpha value is -1.07. The number of aromatic nitrogens is 2. The van der Waals surface area contributed by atoms with Crippen molar-refractivity contribution in [2.75, 3.05) is 18.5 Å². The maximum Gasteiger partial charge on any atom is 0.195 e. The van der Waals surface area contributed by atoms with Gasteiger partial charge in [-0.25, -0.2) is 4.98 Å². The van der Waals surface area contributed by atoms with E-state index in [2.05, 4.69) is 48.7 Å². The van der Waals surface area contributed by atoms with E-state index in [1.54, 1.807) is 11.3 Å². The van der Waals surface area contributed by atoms with Crippen molar-refractivity contribution in [3.05, 3.63) is 17.3 Å². The quantitative estimate of drug-likeness (QED) is 0.885. The van der Waals surface area contributed by atoms with Crippen LogP contribution >= 0.6 is 11.3 Å². The SMILES string of the molecule is CCC(N)Cc1c(N(C)CC(C)C)nc2sccn12. The molecule has 2 rings (SSSR count). The van der Waals surface area contributed by atoms with Crippen molar-refractivity contribution < 1.29 is 0 Å². The van der Waals surface area contributed by atoms with Crippen LogP contribution < -0.4 is 10.6 Å². The van der Waals surface area contributed by atoms with Crippen LogP contribution in [0.25, 0.3) is 4.96 Å². The van der Waals surface area contributed by atoms with Gasteiger partial charge in [-0.05, 0) is 12.3 Å². The van der Waals surface area contributed by atoms with Crippen molar-refractivity contribution in [3.8, 4) is 0 Å². The molecule has 2 heterocycles. The fourth-order valence-electron chi connectivity index (χ4n) is 2.34. The van der Waals surface area contributed by atoms with Gasteiger partial charge >= 0.3 is 0 Å². The average Bonchev–Trinajstić information content (AvgIpc) is 2.90. The first-order chi connectivity index (χ1) is 9.02. The predicted octanol–water partition coefficient (Wildman–Crippen LogP) is 2.77. The predicted molar refractivity (Wildman–Crippen MR) is 83.1 cm³/mol. The molecule has 0 amide bonds. The highest BCUT2D eigenvalue weighted by Gasteiger charge is 2.18. The first-order valence-electron chi connectivity index (χ1n) is 6.94. The Balaban J connectivity index is 2.35. The lowest BCUT2D eigenvalue weighted by Gasteiger charge is -2.21. The van der Waals surface area contributed by atoms with Gasteiger partial charge in [0.15, 0.2) is 10.8 Å². The van der Waals surface area contributed by atoms with Gasteiger partial charge in [0.05, 0.1) is 5.69 Å². The number of rotatable bonds is 6. The van der Waals surface area contributed by atoms with Crippen LogP contribution in [0.3, 0.4) is 0 Å². The second-order valence-corrected chi connectivity index (χ2v) is 6.46. The number of hydrogen-bond acceptors (Lipinski definition) is 4. The second kappa shape index (κ2) is 5.92. The minimum Gasteiger partial charge on any atom is -0.358 e. The molecule has 19 heavy (non-hydrogen) atoms. The molecule has 0 aromatic carbocycles. The Labute approximate surface area is 119 Å². The van der Waals surface area contributed by atoms with Crippen LogP contribution in [0, 0.1) is 5.92 Å². The summed E-state index contributed by atoms with van der Waals surface area (Å²) in [4.78, 5) is 8.08. The van der Waals surface area contributed by atoms with Gasteiger partial charge < -0.3 is 10.6 Å². The lowest BCUT2D eigenvalue weighted by Crippen LogP contribution is -2.27. The number of nitrogens with two attached hydrogens (primary N) is 1. The third-order valence-corrected chi connectivity index (χ3v) is 4.08. The van der Waals surface area contributed by atoms with Gasteiger partial charge in [0.1, 0.15) is 0 Å². The van der Waals surface area contributed by atoms with Crippen molar-refractivity contribution in [2.24, 2.45) is 11.7 Å². The number of fused-ring (bicyclic) bond motifs is 1. The molecule has 0 bridgehead atoms. The van der Waals surface area contributed by atoms with Gasteiger partial charge in [-0.15, -0.1) is 11.3 Å². The maximum absolute atomic E-state index is 6.14. The molecule has 1 unspecified atom stereocenters. The smallest absolute Gasteiger partial charge is 0.195 e. The molecule has 106 valence electrons. The summed E-state index contributed by atoms with van der Waals surface area (Å²) in [5, 5.41) is 2.08. The summed E-state index contributed by atoms with van der Waals surface area (Å²) >= 11 is 1.68. The molecule has 0 spiro atoms. The molecule has 2 aromatic rings. The van der Waals surface area contributed by atoms with E-state index in [0.717, 1.165) is 30.2 Å². The topological polar surface area (TPSA) is 46.6 Å². The largest absolute Gasteiger partial charge is 0.358 e. The van der Waals surface area contributed by atoms with Crippen LogP contribution in [0.2, 0.25) is 0 Å². The summed E-state index contributed by atoms with van der Waals surface area (Å²) in [5.41, 5.74) is 7.38. The molecule has 2 aromatic heterocycles. The Kier molecular flexibility index (Phi) is 4.47. The fraction of sp³-hybridized carbons (Fsp3) is 0.643. The molecule has 0 aliphatic rings. The molecular formula is C14H24N4S. The normalized spacial score (nSPS) is 13.4. The summed E-state index contributed by atoms with van der Waals surface area (Å²) in [7, 11) is 2.12. The van der Waals surface area contributed by atoms with E-state index in [0.29, 0.717) is 5.92 Å². The van der Waals surface area contributed by atoms with Gasteiger partial charge in [0.25, 0.3) is 0 Å². The molecule has 0 fully saturated rings. The Morgan fingerprint density at radius 1 is 1.47 bits per heavy atom. The Morgan fingerprint density at radius 2 is 2.21 bits per heavy atom. The van der Waals surface area contributed by atoms with Crippen molar-refractivity contribution in [1.82, 2.24) is 9.38 Å². The van der Waals surface area contributed by atoms with E-state index >= 15 is 0 Å². The zero-order valence-electron chi connectivity index (χ0n) is 12.3. The van der Waals surface area contributed by atoms with Crippen molar-refractivity contribution in [2.45, 2.75) is 39.7 Å². The minimum absolute atomic E-state index is 0.200. The number of nitrogens with zero attached hydrogens (tertiary/aromatic N) is 3. The third-order valence-electron chi connectivity index (χ3n) is 3.32.